The fourth-order valence-corrected chi connectivity index (χ4v) is 5.17. The second-order valence-corrected chi connectivity index (χ2v) is 7.24. The van der Waals surface area contributed by atoms with Crippen LogP contribution < -0.4 is 0 Å². The van der Waals surface area contributed by atoms with Crippen LogP contribution in [0.2, 0.25) is 0 Å². The summed E-state index contributed by atoms with van der Waals surface area (Å²) >= 11 is 0. The summed E-state index contributed by atoms with van der Waals surface area (Å²) in [6, 6.07) is 16.1. The molecule has 5 heteroatoms. The molecule has 2 amide bonds. The Hall–Kier alpha value is -2.95. The van der Waals surface area contributed by atoms with Gasteiger partial charge < -0.3 is 5.11 Å². The number of benzene rings is 2. The number of imide groups is 1. The number of carbonyl (C=O) groups is 3. The molecular formula is C21H17NO4. The second kappa shape index (κ2) is 5.27. The molecule has 2 aromatic carbocycles. The Labute approximate surface area is 150 Å². The van der Waals surface area contributed by atoms with Crippen molar-refractivity contribution in [2.45, 2.75) is 18.3 Å². The minimum Gasteiger partial charge on any atom is -0.481 e. The van der Waals surface area contributed by atoms with Crippen molar-refractivity contribution < 1.29 is 19.5 Å². The number of rotatable bonds is 3. The molecule has 2 aromatic rings. The predicted octanol–water partition coefficient (Wildman–Crippen LogP) is 2.35. The van der Waals surface area contributed by atoms with Gasteiger partial charge in [-0.05, 0) is 22.3 Å². The minimum atomic E-state index is -1.00. The van der Waals surface area contributed by atoms with Gasteiger partial charge in [0.15, 0.2) is 0 Å². The molecule has 1 heterocycles. The van der Waals surface area contributed by atoms with Crippen molar-refractivity contribution in [3.63, 3.8) is 0 Å². The zero-order valence-corrected chi connectivity index (χ0v) is 14.0. The summed E-state index contributed by atoms with van der Waals surface area (Å²) in [5.41, 5.74) is 4.50. The highest BCUT2D eigenvalue weighted by atomic mass is 16.4. The van der Waals surface area contributed by atoms with Gasteiger partial charge in [0, 0.05) is 18.4 Å². The minimum absolute atomic E-state index is 0.0495. The molecule has 1 aliphatic heterocycles. The van der Waals surface area contributed by atoms with Gasteiger partial charge in [0.05, 0.1) is 18.3 Å². The summed E-state index contributed by atoms with van der Waals surface area (Å²) < 4.78 is 0. The number of carboxylic acids is 1. The van der Waals surface area contributed by atoms with Gasteiger partial charge in [0.25, 0.3) is 0 Å². The zero-order chi connectivity index (χ0) is 18.0. The number of carbonyl (C=O) groups excluding carboxylic acids is 2. The first-order valence-corrected chi connectivity index (χ1v) is 8.84. The number of likely N-dealkylation sites (tertiary alicyclic amines) is 1. The SMILES string of the molecule is O=C(O)CCN1C(=O)[C@@H]2C3c4ccccc4C(c4ccccc43)[C@@H]2C1=O. The van der Waals surface area contributed by atoms with E-state index in [0.717, 1.165) is 22.3 Å². The number of hydrogen-bond donors (Lipinski definition) is 1. The molecule has 2 bridgehead atoms. The summed E-state index contributed by atoms with van der Waals surface area (Å²) in [4.78, 5) is 38.3. The van der Waals surface area contributed by atoms with Gasteiger partial charge in [-0.1, -0.05) is 48.5 Å². The average molecular weight is 347 g/mol. The van der Waals surface area contributed by atoms with Gasteiger partial charge in [-0.3, -0.25) is 19.3 Å². The molecule has 3 aliphatic carbocycles. The lowest BCUT2D eigenvalue weighted by Crippen LogP contribution is -2.41. The topological polar surface area (TPSA) is 74.7 Å². The van der Waals surface area contributed by atoms with Crippen molar-refractivity contribution in [3.05, 3.63) is 70.8 Å². The number of amides is 2. The Bertz CT molecular complexity index is 850. The summed E-state index contributed by atoms with van der Waals surface area (Å²) in [6.45, 7) is -0.0495. The van der Waals surface area contributed by atoms with Gasteiger partial charge in [0.2, 0.25) is 11.8 Å². The average Bonchev–Trinajstić information content (AvgIpc) is 2.91. The summed E-state index contributed by atoms with van der Waals surface area (Å²) in [5.74, 6) is -2.57. The van der Waals surface area contributed by atoms with Gasteiger partial charge in [0.1, 0.15) is 0 Å². The summed E-state index contributed by atoms with van der Waals surface area (Å²) in [7, 11) is 0. The maximum absolute atomic E-state index is 13.1. The van der Waals surface area contributed by atoms with Crippen LogP contribution in [-0.4, -0.2) is 34.3 Å². The molecule has 5 nitrogen and oxygen atoms in total. The standard InChI is InChI=1S/C21H17NO4/c23-15(24)9-10-22-20(25)18-16-11-5-1-2-6-12(11)17(19(18)21(22)26)14-8-4-3-7-13(14)16/h1-8,16-19H,9-10H2,(H,23,24)/t16?,17?,18-,19+. The van der Waals surface area contributed by atoms with Gasteiger partial charge in [-0.2, -0.15) is 0 Å². The Morgan fingerprint density at radius 2 is 1.19 bits per heavy atom. The highest BCUT2D eigenvalue weighted by Gasteiger charge is 2.61. The first kappa shape index (κ1) is 15.3. The molecule has 26 heavy (non-hydrogen) atoms. The second-order valence-electron chi connectivity index (χ2n) is 7.24. The zero-order valence-electron chi connectivity index (χ0n) is 14.0. The molecule has 2 atom stereocenters. The van der Waals surface area contributed by atoms with Crippen LogP contribution >= 0.6 is 0 Å². The summed E-state index contributed by atoms with van der Waals surface area (Å²) in [6.07, 6.45) is -0.216. The van der Waals surface area contributed by atoms with Crippen LogP contribution in [0.1, 0.15) is 40.5 Å². The van der Waals surface area contributed by atoms with E-state index in [1.54, 1.807) is 0 Å². The fourth-order valence-electron chi connectivity index (χ4n) is 5.17. The molecule has 6 rings (SSSR count). The van der Waals surface area contributed by atoms with Crippen LogP contribution in [-0.2, 0) is 14.4 Å². The molecule has 0 saturated carbocycles. The third-order valence-corrected chi connectivity index (χ3v) is 6.09. The number of carboxylic acid groups (broad SMARTS) is 1. The van der Waals surface area contributed by atoms with E-state index in [2.05, 4.69) is 24.3 Å². The Morgan fingerprint density at radius 1 is 0.808 bits per heavy atom. The van der Waals surface area contributed by atoms with Crippen molar-refractivity contribution in [1.29, 1.82) is 0 Å². The number of nitrogens with zero attached hydrogens (tertiary/aromatic N) is 1. The van der Waals surface area contributed by atoms with E-state index in [0.29, 0.717) is 0 Å². The van der Waals surface area contributed by atoms with Crippen molar-refractivity contribution in [2.75, 3.05) is 6.54 Å². The quantitative estimate of drug-likeness (QED) is 0.865. The van der Waals surface area contributed by atoms with E-state index < -0.39 is 17.8 Å². The van der Waals surface area contributed by atoms with Gasteiger partial charge >= 0.3 is 5.97 Å². The van der Waals surface area contributed by atoms with E-state index >= 15 is 0 Å². The highest BCUT2D eigenvalue weighted by Crippen LogP contribution is 2.60. The van der Waals surface area contributed by atoms with E-state index in [1.165, 1.54) is 4.90 Å². The molecular weight excluding hydrogens is 330 g/mol. The molecule has 1 fully saturated rings. The third-order valence-electron chi connectivity index (χ3n) is 6.09. The molecule has 0 radical (unpaired) electrons. The maximum Gasteiger partial charge on any atom is 0.305 e. The smallest absolute Gasteiger partial charge is 0.305 e. The molecule has 1 saturated heterocycles. The predicted molar refractivity (Wildman–Crippen MR) is 92.5 cm³/mol. The van der Waals surface area contributed by atoms with E-state index in [1.807, 2.05) is 24.3 Å². The lowest BCUT2D eigenvalue weighted by Gasteiger charge is -2.45. The molecule has 130 valence electrons. The Balaban J connectivity index is 1.67. The normalized spacial score (nSPS) is 27.9. The molecule has 1 N–H and O–H groups in total. The van der Waals surface area contributed by atoms with Crippen LogP contribution in [0.15, 0.2) is 48.5 Å². The maximum atomic E-state index is 13.1. The van der Waals surface area contributed by atoms with Gasteiger partial charge in [-0.25, -0.2) is 0 Å². The fraction of sp³-hybridized carbons (Fsp3) is 0.286. The first-order chi connectivity index (χ1) is 12.6. The highest BCUT2D eigenvalue weighted by molar-refractivity contribution is 6.07. The molecule has 0 spiro atoms. The number of aliphatic carboxylic acids is 1. The lowest BCUT2D eigenvalue weighted by molar-refractivity contribution is -0.142. The van der Waals surface area contributed by atoms with Crippen molar-refractivity contribution >= 4 is 17.8 Å². The lowest BCUT2D eigenvalue weighted by atomic mass is 9.55. The van der Waals surface area contributed by atoms with Crippen molar-refractivity contribution in [1.82, 2.24) is 4.90 Å². The van der Waals surface area contributed by atoms with Crippen molar-refractivity contribution in [3.8, 4) is 0 Å². The van der Waals surface area contributed by atoms with E-state index in [9.17, 15) is 14.4 Å². The number of hydrogen-bond acceptors (Lipinski definition) is 3. The van der Waals surface area contributed by atoms with Crippen LogP contribution in [0, 0.1) is 11.8 Å². The molecule has 4 aliphatic rings. The van der Waals surface area contributed by atoms with E-state index in [-0.39, 0.29) is 36.6 Å². The van der Waals surface area contributed by atoms with Crippen molar-refractivity contribution in [2.24, 2.45) is 11.8 Å². The van der Waals surface area contributed by atoms with Crippen LogP contribution in [0.4, 0.5) is 0 Å². The molecule has 0 unspecified atom stereocenters. The van der Waals surface area contributed by atoms with Crippen LogP contribution in [0.25, 0.3) is 0 Å². The third kappa shape index (κ3) is 1.83. The van der Waals surface area contributed by atoms with Crippen LogP contribution in [0.5, 0.6) is 0 Å². The monoisotopic (exact) mass is 347 g/mol. The Kier molecular flexibility index (Phi) is 3.11. The Morgan fingerprint density at radius 3 is 1.54 bits per heavy atom. The first-order valence-electron chi connectivity index (χ1n) is 8.84. The largest absolute Gasteiger partial charge is 0.481 e. The van der Waals surface area contributed by atoms with E-state index in [4.69, 9.17) is 5.11 Å². The molecule has 0 aromatic heterocycles. The van der Waals surface area contributed by atoms with Crippen LogP contribution in [0.3, 0.4) is 0 Å². The van der Waals surface area contributed by atoms with Gasteiger partial charge in [-0.15, -0.1) is 0 Å². The summed E-state index contributed by atoms with van der Waals surface area (Å²) in [5, 5.41) is 8.96.